The highest BCUT2D eigenvalue weighted by Gasteiger charge is 2.20. The highest BCUT2D eigenvalue weighted by atomic mass is 32.2. The minimum Gasteiger partial charge on any atom is -0.378 e. The van der Waals surface area contributed by atoms with Crippen molar-refractivity contribution in [3.63, 3.8) is 0 Å². The van der Waals surface area contributed by atoms with E-state index in [4.69, 9.17) is 5.14 Å². The predicted octanol–water partition coefficient (Wildman–Crippen LogP) is 2.86. The van der Waals surface area contributed by atoms with Crippen molar-refractivity contribution in [2.75, 3.05) is 5.32 Å². The summed E-state index contributed by atoms with van der Waals surface area (Å²) in [4.78, 5) is 12.6. The molecule has 3 aromatic carbocycles. The van der Waals surface area contributed by atoms with Gasteiger partial charge in [0.2, 0.25) is 10.0 Å². The van der Waals surface area contributed by atoms with Crippen molar-refractivity contribution in [3.8, 4) is 11.3 Å². The number of anilines is 1. The summed E-state index contributed by atoms with van der Waals surface area (Å²) in [6.07, 6.45) is -1.31. The molecule has 0 aliphatic carbocycles. The summed E-state index contributed by atoms with van der Waals surface area (Å²) in [6.45, 7) is 1.81. The number of nitrogens with one attached hydrogen (secondary N) is 2. The summed E-state index contributed by atoms with van der Waals surface area (Å²) < 4.78 is 23.4. The van der Waals surface area contributed by atoms with Gasteiger partial charge in [-0.3, -0.25) is 9.89 Å². The van der Waals surface area contributed by atoms with E-state index in [-0.39, 0.29) is 4.90 Å². The number of nitrogens with two attached hydrogens (primary N) is 1. The Labute approximate surface area is 178 Å². The highest BCUT2D eigenvalue weighted by Crippen LogP contribution is 2.33. The Morgan fingerprint density at radius 1 is 1.10 bits per heavy atom. The molecule has 9 heteroatoms. The number of hydrogen-bond acceptors (Lipinski definition) is 5. The molecule has 4 rings (SSSR count). The van der Waals surface area contributed by atoms with E-state index in [0.717, 1.165) is 16.5 Å². The molecule has 8 nitrogen and oxygen atoms in total. The minimum absolute atomic E-state index is 0.0192. The Hall–Kier alpha value is -3.53. The standard InChI is InChI=1S/C22H20N4O4S/c1-13-17(24-22(28)21(27)14-6-3-2-4-7-14)10-11-18-19(13)20(26-25-18)15-8-5-9-16(12-15)31(23,29)30/h2-12,21,27H,1H3,(H,24,28)(H,25,26)(H2,23,29,30). The van der Waals surface area contributed by atoms with Crippen LogP contribution in [0.3, 0.4) is 0 Å². The molecule has 1 atom stereocenters. The molecule has 0 aliphatic heterocycles. The van der Waals surface area contributed by atoms with E-state index in [0.29, 0.717) is 22.5 Å². The van der Waals surface area contributed by atoms with Crippen molar-refractivity contribution in [1.29, 1.82) is 0 Å². The summed E-state index contributed by atoms with van der Waals surface area (Å²) in [7, 11) is -3.86. The van der Waals surface area contributed by atoms with Gasteiger partial charge < -0.3 is 10.4 Å². The highest BCUT2D eigenvalue weighted by molar-refractivity contribution is 7.89. The molecule has 0 saturated carbocycles. The van der Waals surface area contributed by atoms with Crippen LogP contribution in [0.2, 0.25) is 0 Å². The van der Waals surface area contributed by atoms with Crippen LogP contribution in [0.1, 0.15) is 17.2 Å². The first-order valence-electron chi connectivity index (χ1n) is 9.40. The van der Waals surface area contributed by atoms with Gasteiger partial charge in [0.25, 0.3) is 5.91 Å². The van der Waals surface area contributed by atoms with Crippen molar-refractivity contribution < 1.29 is 18.3 Å². The summed E-state index contributed by atoms with van der Waals surface area (Å²) in [6, 6.07) is 18.3. The lowest BCUT2D eigenvalue weighted by Gasteiger charge is -2.14. The van der Waals surface area contributed by atoms with Crippen LogP contribution in [0.5, 0.6) is 0 Å². The molecule has 1 heterocycles. The molecule has 0 radical (unpaired) electrons. The molecule has 1 amide bonds. The molecule has 0 spiro atoms. The second-order valence-corrected chi connectivity index (χ2v) is 8.67. The van der Waals surface area contributed by atoms with Gasteiger partial charge in [-0.05, 0) is 42.3 Å². The van der Waals surface area contributed by atoms with Crippen molar-refractivity contribution in [1.82, 2.24) is 10.2 Å². The van der Waals surface area contributed by atoms with E-state index in [1.165, 1.54) is 12.1 Å². The molecule has 4 aromatic rings. The first-order chi connectivity index (χ1) is 14.8. The maximum atomic E-state index is 12.6. The van der Waals surface area contributed by atoms with Crippen LogP contribution in [0, 0.1) is 6.92 Å². The van der Waals surface area contributed by atoms with Crippen LogP contribution in [-0.2, 0) is 14.8 Å². The number of aryl methyl sites for hydroxylation is 1. The van der Waals surface area contributed by atoms with E-state index < -0.39 is 22.0 Å². The summed E-state index contributed by atoms with van der Waals surface area (Å²) in [5.41, 5.74) is 3.53. The van der Waals surface area contributed by atoms with Crippen molar-refractivity contribution in [3.05, 3.63) is 77.9 Å². The maximum Gasteiger partial charge on any atom is 0.257 e. The van der Waals surface area contributed by atoms with Crippen LogP contribution in [-0.4, -0.2) is 29.6 Å². The van der Waals surface area contributed by atoms with Gasteiger partial charge in [0.15, 0.2) is 6.10 Å². The number of fused-ring (bicyclic) bond motifs is 1. The van der Waals surface area contributed by atoms with Crippen LogP contribution in [0.4, 0.5) is 5.69 Å². The van der Waals surface area contributed by atoms with Crippen LogP contribution >= 0.6 is 0 Å². The maximum absolute atomic E-state index is 12.6. The molecule has 0 aliphatic rings. The number of benzene rings is 3. The number of aromatic amines is 1. The number of aromatic nitrogens is 2. The first-order valence-corrected chi connectivity index (χ1v) is 10.9. The zero-order valence-corrected chi connectivity index (χ0v) is 17.3. The lowest BCUT2D eigenvalue weighted by molar-refractivity contribution is -0.124. The Balaban J connectivity index is 1.72. The SMILES string of the molecule is Cc1c(NC(=O)C(O)c2ccccc2)ccc2[nH]nc(-c3cccc(S(N)(=O)=O)c3)c12. The number of primary sulfonamides is 1. The van der Waals surface area contributed by atoms with Gasteiger partial charge in [0.1, 0.15) is 5.69 Å². The van der Waals surface area contributed by atoms with E-state index in [2.05, 4.69) is 15.5 Å². The first kappa shape index (κ1) is 20.7. The smallest absolute Gasteiger partial charge is 0.257 e. The third-order valence-electron chi connectivity index (χ3n) is 5.05. The van der Waals surface area contributed by atoms with Gasteiger partial charge in [0.05, 0.1) is 10.4 Å². The Morgan fingerprint density at radius 2 is 1.84 bits per heavy atom. The summed E-state index contributed by atoms with van der Waals surface area (Å²) in [5.74, 6) is -0.560. The topological polar surface area (TPSA) is 138 Å². The molecule has 0 bridgehead atoms. The Bertz CT molecular complexity index is 1380. The van der Waals surface area contributed by atoms with Crippen LogP contribution < -0.4 is 10.5 Å². The van der Waals surface area contributed by atoms with Gasteiger partial charge in [-0.2, -0.15) is 5.10 Å². The molecular weight excluding hydrogens is 416 g/mol. The second kappa shape index (κ2) is 7.95. The quantitative estimate of drug-likeness (QED) is 0.381. The molecule has 1 aromatic heterocycles. The number of amides is 1. The predicted molar refractivity (Wildman–Crippen MR) is 118 cm³/mol. The Kier molecular flexibility index (Phi) is 5.32. The average Bonchev–Trinajstić information content (AvgIpc) is 3.20. The van der Waals surface area contributed by atoms with E-state index in [9.17, 15) is 18.3 Å². The average molecular weight is 436 g/mol. The minimum atomic E-state index is -3.86. The fourth-order valence-electron chi connectivity index (χ4n) is 3.43. The number of rotatable bonds is 5. The number of H-pyrrole nitrogens is 1. The van der Waals surface area contributed by atoms with Gasteiger partial charge in [-0.1, -0.05) is 42.5 Å². The number of aliphatic hydroxyl groups is 1. The summed E-state index contributed by atoms with van der Waals surface area (Å²) >= 11 is 0. The fraction of sp³-hybridized carbons (Fsp3) is 0.0909. The zero-order valence-electron chi connectivity index (χ0n) is 16.5. The van der Waals surface area contributed by atoms with Crippen LogP contribution in [0.15, 0.2) is 71.6 Å². The number of sulfonamides is 1. The number of carbonyl (C=O) groups is 1. The normalized spacial score (nSPS) is 12.6. The number of nitrogens with zero attached hydrogens (tertiary/aromatic N) is 1. The van der Waals surface area contributed by atoms with E-state index in [1.807, 2.05) is 6.92 Å². The Morgan fingerprint density at radius 3 is 2.55 bits per heavy atom. The third kappa shape index (κ3) is 4.06. The number of hydrogen-bond donors (Lipinski definition) is 4. The molecule has 158 valence electrons. The molecule has 31 heavy (non-hydrogen) atoms. The zero-order chi connectivity index (χ0) is 22.2. The third-order valence-corrected chi connectivity index (χ3v) is 5.96. The van der Waals surface area contributed by atoms with E-state index >= 15 is 0 Å². The lowest BCUT2D eigenvalue weighted by Crippen LogP contribution is -2.21. The molecule has 0 fully saturated rings. The van der Waals surface area contributed by atoms with Crippen LogP contribution in [0.25, 0.3) is 22.2 Å². The second-order valence-electron chi connectivity index (χ2n) is 7.11. The lowest BCUT2D eigenvalue weighted by atomic mass is 10.0. The molecule has 5 N–H and O–H groups in total. The molecule has 0 saturated heterocycles. The van der Waals surface area contributed by atoms with Crippen molar-refractivity contribution >= 4 is 32.5 Å². The largest absolute Gasteiger partial charge is 0.378 e. The van der Waals surface area contributed by atoms with E-state index in [1.54, 1.807) is 54.6 Å². The van der Waals surface area contributed by atoms with Crippen molar-refractivity contribution in [2.45, 2.75) is 17.9 Å². The molecular formula is C22H20N4O4S. The van der Waals surface area contributed by atoms with Gasteiger partial charge >= 0.3 is 0 Å². The molecule has 1 unspecified atom stereocenters. The van der Waals surface area contributed by atoms with Gasteiger partial charge in [-0.15, -0.1) is 0 Å². The summed E-state index contributed by atoms with van der Waals surface area (Å²) in [5, 5.41) is 26.3. The van der Waals surface area contributed by atoms with Gasteiger partial charge in [0, 0.05) is 16.6 Å². The van der Waals surface area contributed by atoms with Crippen molar-refractivity contribution in [2.24, 2.45) is 5.14 Å². The van der Waals surface area contributed by atoms with Gasteiger partial charge in [-0.25, -0.2) is 13.6 Å². The fourth-order valence-corrected chi connectivity index (χ4v) is 3.99. The monoisotopic (exact) mass is 436 g/mol. The number of carbonyl (C=O) groups excluding carboxylic acids is 1. The number of aliphatic hydroxyl groups excluding tert-OH is 1.